The number of aryl methyl sites for hydroxylation is 1. The molecule has 2 heterocycles. The van der Waals surface area contributed by atoms with Gasteiger partial charge in [-0.1, -0.05) is 13.3 Å². The van der Waals surface area contributed by atoms with Crippen LogP contribution in [-0.4, -0.2) is 44.7 Å². The number of aromatic amines is 1. The summed E-state index contributed by atoms with van der Waals surface area (Å²) in [5.41, 5.74) is 1.42. The quantitative estimate of drug-likeness (QED) is 0.842. The second-order valence-corrected chi connectivity index (χ2v) is 5.61. The Morgan fingerprint density at radius 1 is 1.48 bits per heavy atom. The SMILES string of the molecule is CCCc1cc(C(=O)N2CCCC[C@@H]2CCC(=O)O)n[nH]1. The van der Waals surface area contributed by atoms with Crippen LogP contribution < -0.4 is 0 Å². The Morgan fingerprint density at radius 3 is 3.00 bits per heavy atom. The first-order valence-electron chi connectivity index (χ1n) is 7.69. The lowest BCUT2D eigenvalue weighted by Gasteiger charge is -2.35. The third-order valence-electron chi connectivity index (χ3n) is 3.95. The zero-order valence-corrected chi connectivity index (χ0v) is 12.5. The van der Waals surface area contributed by atoms with Crippen LogP contribution in [0, 0.1) is 0 Å². The van der Waals surface area contributed by atoms with E-state index in [9.17, 15) is 9.59 Å². The van der Waals surface area contributed by atoms with E-state index in [1.165, 1.54) is 0 Å². The molecule has 1 aromatic rings. The Labute approximate surface area is 124 Å². The molecule has 2 N–H and O–H groups in total. The summed E-state index contributed by atoms with van der Waals surface area (Å²) < 4.78 is 0. The van der Waals surface area contributed by atoms with Gasteiger partial charge in [-0.05, 0) is 38.2 Å². The predicted molar refractivity (Wildman–Crippen MR) is 78.1 cm³/mol. The second-order valence-electron chi connectivity index (χ2n) is 5.61. The van der Waals surface area contributed by atoms with E-state index >= 15 is 0 Å². The van der Waals surface area contributed by atoms with Crippen LogP contribution in [0.25, 0.3) is 0 Å². The summed E-state index contributed by atoms with van der Waals surface area (Å²) in [6, 6.07) is 1.84. The van der Waals surface area contributed by atoms with Gasteiger partial charge in [-0.2, -0.15) is 5.10 Å². The highest BCUT2D eigenvalue weighted by Gasteiger charge is 2.29. The summed E-state index contributed by atoms with van der Waals surface area (Å²) in [4.78, 5) is 25.1. The third kappa shape index (κ3) is 4.06. The van der Waals surface area contributed by atoms with Gasteiger partial charge in [0.2, 0.25) is 0 Å². The van der Waals surface area contributed by atoms with E-state index in [-0.39, 0.29) is 18.4 Å². The number of nitrogens with zero attached hydrogens (tertiary/aromatic N) is 2. The van der Waals surface area contributed by atoms with Crippen LogP contribution in [0.5, 0.6) is 0 Å². The van der Waals surface area contributed by atoms with Crippen LogP contribution in [0.4, 0.5) is 0 Å². The highest BCUT2D eigenvalue weighted by Crippen LogP contribution is 2.23. The van der Waals surface area contributed by atoms with Crippen LogP contribution in [0.1, 0.15) is 61.6 Å². The standard InChI is InChI=1S/C15H23N3O3/c1-2-5-11-10-13(17-16-11)15(21)18-9-4-3-6-12(18)7-8-14(19)20/h10,12H,2-9H2,1H3,(H,16,17)(H,19,20)/t12-/m1/s1. The summed E-state index contributed by atoms with van der Waals surface area (Å²) in [6.45, 7) is 2.77. The van der Waals surface area contributed by atoms with Crippen molar-refractivity contribution in [3.8, 4) is 0 Å². The van der Waals surface area contributed by atoms with Crippen LogP contribution in [-0.2, 0) is 11.2 Å². The molecule has 21 heavy (non-hydrogen) atoms. The molecule has 0 unspecified atom stereocenters. The maximum atomic E-state index is 12.6. The lowest BCUT2D eigenvalue weighted by molar-refractivity contribution is -0.137. The molecule has 0 saturated carbocycles. The normalized spacial score (nSPS) is 18.7. The maximum absolute atomic E-state index is 12.6. The Kier molecular flexibility index (Phi) is 5.36. The van der Waals surface area contributed by atoms with Crippen molar-refractivity contribution >= 4 is 11.9 Å². The molecule has 0 spiro atoms. The van der Waals surface area contributed by atoms with E-state index in [4.69, 9.17) is 5.11 Å². The summed E-state index contributed by atoms with van der Waals surface area (Å²) in [7, 11) is 0. The first-order chi connectivity index (χ1) is 10.1. The molecule has 0 bridgehead atoms. The lowest BCUT2D eigenvalue weighted by atomic mass is 9.97. The summed E-state index contributed by atoms with van der Waals surface area (Å²) in [5, 5.41) is 15.8. The van der Waals surface area contributed by atoms with Crippen molar-refractivity contribution < 1.29 is 14.7 Å². The number of likely N-dealkylation sites (tertiary alicyclic amines) is 1. The minimum atomic E-state index is -0.807. The number of rotatable bonds is 6. The van der Waals surface area contributed by atoms with Crippen molar-refractivity contribution in [2.75, 3.05) is 6.54 Å². The summed E-state index contributed by atoms with van der Waals surface area (Å²) >= 11 is 0. The average molecular weight is 293 g/mol. The monoisotopic (exact) mass is 293 g/mol. The molecule has 1 saturated heterocycles. The van der Waals surface area contributed by atoms with Gasteiger partial charge in [-0.15, -0.1) is 0 Å². The number of hydrogen-bond acceptors (Lipinski definition) is 3. The van der Waals surface area contributed by atoms with Crippen LogP contribution in [0.15, 0.2) is 6.07 Å². The minimum absolute atomic E-state index is 0.0219. The zero-order chi connectivity index (χ0) is 15.2. The van der Waals surface area contributed by atoms with Gasteiger partial charge in [0.15, 0.2) is 0 Å². The molecule has 0 radical (unpaired) electrons. The van der Waals surface area contributed by atoms with Crippen molar-refractivity contribution in [1.82, 2.24) is 15.1 Å². The highest BCUT2D eigenvalue weighted by atomic mass is 16.4. The fourth-order valence-electron chi connectivity index (χ4n) is 2.87. The van der Waals surface area contributed by atoms with Crippen molar-refractivity contribution in [2.45, 2.75) is 57.9 Å². The van der Waals surface area contributed by atoms with Gasteiger partial charge in [0.25, 0.3) is 5.91 Å². The van der Waals surface area contributed by atoms with Gasteiger partial charge < -0.3 is 10.0 Å². The van der Waals surface area contributed by atoms with E-state index in [0.717, 1.165) is 37.8 Å². The van der Waals surface area contributed by atoms with Gasteiger partial charge in [0.05, 0.1) is 0 Å². The van der Waals surface area contributed by atoms with Gasteiger partial charge >= 0.3 is 5.97 Å². The first-order valence-corrected chi connectivity index (χ1v) is 7.69. The Bertz CT molecular complexity index is 498. The van der Waals surface area contributed by atoms with Gasteiger partial charge in [0, 0.05) is 24.7 Å². The highest BCUT2D eigenvalue weighted by molar-refractivity contribution is 5.92. The fraction of sp³-hybridized carbons (Fsp3) is 0.667. The molecule has 1 fully saturated rings. The minimum Gasteiger partial charge on any atom is -0.481 e. The molecule has 6 heteroatoms. The van der Waals surface area contributed by atoms with Gasteiger partial charge in [-0.3, -0.25) is 14.7 Å². The smallest absolute Gasteiger partial charge is 0.303 e. The lowest BCUT2D eigenvalue weighted by Crippen LogP contribution is -2.44. The molecule has 116 valence electrons. The summed E-state index contributed by atoms with van der Waals surface area (Å²) in [5.74, 6) is -0.887. The Morgan fingerprint density at radius 2 is 2.29 bits per heavy atom. The molecule has 0 aromatic carbocycles. The van der Waals surface area contributed by atoms with Crippen LogP contribution in [0.3, 0.4) is 0 Å². The van der Waals surface area contributed by atoms with Crippen molar-refractivity contribution in [3.63, 3.8) is 0 Å². The summed E-state index contributed by atoms with van der Waals surface area (Å²) in [6.07, 6.45) is 5.41. The number of aromatic nitrogens is 2. The first kappa shape index (κ1) is 15.5. The second kappa shape index (κ2) is 7.24. The van der Waals surface area contributed by atoms with E-state index < -0.39 is 5.97 Å². The van der Waals surface area contributed by atoms with Gasteiger partial charge in [0.1, 0.15) is 5.69 Å². The van der Waals surface area contributed by atoms with Crippen molar-refractivity contribution in [3.05, 3.63) is 17.5 Å². The Hall–Kier alpha value is -1.85. The number of carboxylic acids is 1. The molecule has 1 aliphatic heterocycles. The van der Waals surface area contributed by atoms with Gasteiger partial charge in [-0.25, -0.2) is 0 Å². The third-order valence-corrected chi connectivity index (χ3v) is 3.95. The zero-order valence-electron chi connectivity index (χ0n) is 12.5. The number of aliphatic carboxylic acids is 1. The van der Waals surface area contributed by atoms with E-state index in [1.54, 1.807) is 4.90 Å². The number of amides is 1. The molecule has 1 atom stereocenters. The largest absolute Gasteiger partial charge is 0.481 e. The number of carbonyl (C=O) groups excluding carboxylic acids is 1. The molecule has 6 nitrogen and oxygen atoms in total. The predicted octanol–water partition coefficient (Wildman–Crippen LogP) is 2.22. The van der Waals surface area contributed by atoms with Crippen molar-refractivity contribution in [1.29, 1.82) is 0 Å². The molecular formula is C15H23N3O3. The molecule has 1 aromatic heterocycles. The molecule has 1 aliphatic rings. The van der Waals surface area contributed by atoms with Crippen molar-refractivity contribution in [2.24, 2.45) is 0 Å². The Balaban J connectivity index is 2.04. The number of nitrogens with one attached hydrogen (secondary N) is 1. The van der Waals surface area contributed by atoms with E-state index in [2.05, 4.69) is 17.1 Å². The molecule has 2 rings (SSSR count). The number of carbonyl (C=O) groups is 2. The molecule has 1 amide bonds. The van der Waals surface area contributed by atoms with Crippen LogP contribution >= 0.6 is 0 Å². The maximum Gasteiger partial charge on any atom is 0.303 e. The number of hydrogen-bond donors (Lipinski definition) is 2. The number of carboxylic acid groups (broad SMARTS) is 1. The van der Waals surface area contributed by atoms with Crippen LogP contribution in [0.2, 0.25) is 0 Å². The van der Waals surface area contributed by atoms with E-state index in [1.807, 2.05) is 6.07 Å². The topological polar surface area (TPSA) is 86.3 Å². The fourth-order valence-corrected chi connectivity index (χ4v) is 2.87. The number of piperidine rings is 1. The van der Waals surface area contributed by atoms with E-state index in [0.29, 0.717) is 18.7 Å². The molecule has 0 aliphatic carbocycles. The number of H-pyrrole nitrogens is 1. The average Bonchev–Trinajstić information content (AvgIpc) is 2.94. The molecular weight excluding hydrogens is 270 g/mol.